The molecule has 1 heterocycles. The molecule has 0 aromatic carbocycles. The number of thioether (sulfide) groups is 1. The van der Waals surface area contributed by atoms with Crippen LogP contribution in [-0.4, -0.2) is 54.4 Å². The number of hydrogen-bond acceptors (Lipinski definition) is 5. The van der Waals surface area contributed by atoms with Gasteiger partial charge in [0.25, 0.3) is 0 Å². The molecule has 1 N–H and O–H groups in total. The van der Waals surface area contributed by atoms with Crippen molar-refractivity contribution in [3.63, 3.8) is 0 Å². The highest BCUT2D eigenvalue weighted by atomic mass is 32.2. The second-order valence-corrected chi connectivity index (χ2v) is 4.56. The lowest BCUT2D eigenvalue weighted by molar-refractivity contribution is 0.403. The minimum Gasteiger partial charge on any atom is -0.315 e. The summed E-state index contributed by atoms with van der Waals surface area (Å²) >= 11 is 1.73. The Morgan fingerprint density at radius 2 is 2.20 bits per heavy atom. The minimum absolute atomic E-state index is 0.993. The largest absolute Gasteiger partial charge is 0.315 e. The summed E-state index contributed by atoms with van der Waals surface area (Å²) in [6.45, 7) is 3.12. The molecule has 0 atom stereocenters. The van der Waals surface area contributed by atoms with E-state index in [-0.39, 0.29) is 0 Å². The van der Waals surface area contributed by atoms with Gasteiger partial charge in [0.2, 0.25) is 0 Å². The topological polar surface area (TPSA) is 41.0 Å². The second-order valence-electron chi connectivity index (χ2n) is 3.45. The highest BCUT2D eigenvalue weighted by molar-refractivity contribution is 7.99. The van der Waals surface area contributed by atoms with Crippen LogP contribution < -0.4 is 5.32 Å². The molecule has 1 aromatic rings. The van der Waals surface area contributed by atoms with Crippen molar-refractivity contribution in [2.45, 2.75) is 5.03 Å². The molecule has 4 nitrogen and oxygen atoms in total. The van der Waals surface area contributed by atoms with E-state index >= 15 is 0 Å². The summed E-state index contributed by atoms with van der Waals surface area (Å²) in [6.07, 6.45) is 5.21. The SMILES string of the molecule is CN(C)CCNCCSc1cnccn1. The number of nitrogens with zero attached hydrogens (tertiary/aromatic N) is 3. The Kier molecular flexibility index (Phi) is 6.31. The van der Waals surface area contributed by atoms with E-state index < -0.39 is 0 Å². The van der Waals surface area contributed by atoms with E-state index in [2.05, 4.69) is 34.3 Å². The van der Waals surface area contributed by atoms with E-state index in [4.69, 9.17) is 0 Å². The van der Waals surface area contributed by atoms with E-state index in [0.29, 0.717) is 0 Å². The van der Waals surface area contributed by atoms with Gasteiger partial charge in [0.05, 0.1) is 6.20 Å². The van der Waals surface area contributed by atoms with Gasteiger partial charge in [-0.3, -0.25) is 4.98 Å². The third-order valence-corrected chi connectivity index (χ3v) is 2.72. The average molecular weight is 226 g/mol. The summed E-state index contributed by atoms with van der Waals surface area (Å²) in [5.41, 5.74) is 0. The maximum atomic E-state index is 4.19. The quantitative estimate of drug-likeness (QED) is 0.548. The van der Waals surface area contributed by atoms with Gasteiger partial charge in [-0.2, -0.15) is 0 Å². The van der Waals surface area contributed by atoms with Crippen LogP contribution >= 0.6 is 11.8 Å². The van der Waals surface area contributed by atoms with Crippen molar-refractivity contribution in [1.82, 2.24) is 20.2 Å². The lowest BCUT2D eigenvalue weighted by atomic mass is 10.5. The zero-order valence-electron chi connectivity index (χ0n) is 9.31. The molecule has 5 heteroatoms. The molecular formula is C10H18N4S. The van der Waals surface area contributed by atoms with Gasteiger partial charge >= 0.3 is 0 Å². The van der Waals surface area contributed by atoms with Crippen LogP contribution in [-0.2, 0) is 0 Å². The summed E-state index contributed by atoms with van der Waals surface area (Å²) in [5, 5.41) is 4.37. The molecule has 0 aliphatic carbocycles. The van der Waals surface area contributed by atoms with Gasteiger partial charge in [0, 0.05) is 37.8 Å². The Bertz CT molecular complexity index is 253. The first-order valence-electron chi connectivity index (χ1n) is 5.03. The molecule has 0 spiro atoms. The molecule has 0 fully saturated rings. The van der Waals surface area contributed by atoms with Gasteiger partial charge in [-0.1, -0.05) is 0 Å². The summed E-state index contributed by atoms with van der Waals surface area (Å²) in [6, 6.07) is 0. The number of aromatic nitrogens is 2. The van der Waals surface area contributed by atoms with Crippen LogP contribution in [0.2, 0.25) is 0 Å². The van der Waals surface area contributed by atoms with Gasteiger partial charge in [0.1, 0.15) is 5.03 Å². The van der Waals surface area contributed by atoms with Crippen molar-refractivity contribution in [2.24, 2.45) is 0 Å². The van der Waals surface area contributed by atoms with Crippen molar-refractivity contribution in [1.29, 1.82) is 0 Å². The molecule has 0 unspecified atom stereocenters. The van der Waals surface area contributed by atoms with Gasteiger partial charge in [0.15, 0.2) is 0 Å². The summed E-state index contributed by atoms with van der Waals surface area (Å²) in [7, 11) is 4.16. The molecule has 1 aromatic heterocycles. The van der Waals surface area contributed by atoms with Crippen molar-refractivity contribution >= 4 is 11.8 Å². The third kappa shape index (κ3) is 6.43. The van der Waals surface area contributed by atoms with Crippen LogP contribution in [0.5, 0.6) is 0 Å². The lowest BCUT2D eigenvalue weighted by Crippen LogP contribution is -2.27. The first kappa shape index (κ1) is 12.4. The van der Waals surface area contributed by atoms with Crippen LogP contribution in [0, 0.1) is 0 Å². The highest BCUT2D eigenvalue weighted by Gasteiger charge is 1.94. The zero-order valence-corrected chi connectivity index (χ0v) is 10.1. The Balaban J connectivity index is 1.98. The standard InChI is InChI=1S/C10H18N4S/c1-14(2)7-5-11-6-8-15-10-9-12-3-4-13-10/h3-4,9,11H,5-8H2,1-2H3. The number of likely N-dealkylation sites (N-methyl/N-ethyl adjacent to an activating group) is 1. The van der Waals surface area contributed by atoms with Gasteiger partial charge in [-0.25, -0.2) is 4.98 Å². The fraction of sp³-hybridized carbons (Fsp3) is 0.600. The molecule has 15 heavy (non-hydrogen) atoms. The van der Waals surface area contributed by atoms with Crippen molar-refractivity contribution in [2.75, 3.05) is 39.5 Å². The van der Waals surface area contributed by atoms with E-state index in [1.807, 2.05) is 0 Å². The Hall–Kier alpha value is -0.650. The lowest BCUT2D eigenvalue weighted by Gasteiger charge is -2.09. The first-order valence-corrected chi connectivity index (χ1v) is 6.02. The van der Waals surface area contributed by atoms with Crippen molar-refractivity contribution < 1.29 is 0 Å². The normalized spacial score (nSPS) is 10.9. The predicted molar refractivity (Wildman–Crippen MR) is 64.2 cm³/mol. The summed E-state index contributed by atoms with van der Waals surface area (Å²) in [4.78, 5) is 10.4. The molecule has 0 saturated heterocycles. The van der Waals surface area contributed by atoms with Crippen LogP contribution in [0.25, 0.3) is 0 Å². The maximum Gasteiger partial charge on any atom is 0.114 e. The van der Waals surface area contributed by atoms with Gasteiger partial charge in [-0.15, -0.1) is 11.8 Å². The molecule has 1 rings (SSSR count). The average Bonchev–Trinajstić information content (AvgIpc) is 2.24. The highest BCUT2D eigenvalue weighted by Crippen LogP contribution is 2.10. The maximum absolute atomic E-state index is 4.19. The molecule has 0 aliphatic heterocycles. The van der Waals surface area contributed by atoms with E-state index in [0.717, 1.165) is 30.4 Å². The molecule has 0 saturated carbocycles. The smallest absolute Gasteiger partial charge is 0.114 e. The first-order chi connectivity index (χ1) is 7.29. The fourth-order valence-electron chi connectivity index (χ4n) is 1.02. The Morgan fingerprint density at radius 1 is 1.33 bits per heavy atom. The monoisotopic (exact) mass is 226 g/mol. The van der Waals surface area contributed by atoms with Crippen molar-refractivity contribution in [3.05, 3.63) is 18.6 Å². The number of rotatable bonds is 7. The molecular weight excluding hydrogens is 208 g/mol. The van der Waals surface area contributed by atoms with Crippen LogP contribution in [0.4, 0.5) is 0 Å². The van der Waals surface area contributed by atoms with Gasteiger partial charge in [-0.05, 0) is 14.1 Å². The van der Waals surface area contributed by atoms with E-state index in [1.54, 1.807) is 30.4 Å². The molecule has 0 aliphatic rings. The second kappa shape index (κ2) is 7.62. The predicted octanol–water partition coefficient (Wildman–Crippen LogP) is 0.720. The fourth-order valence-corrected chi connectivity index (χ4v) is 1.74. The van der Waals surface area contributed by atoms with E-state index in [1.165, 1.54) is 0 Å². The van der Waals surface area contributed by atoms with Crippen LogP contribution in [0.15, 0.2) is 23.6 Å². The summed E-state index contributed by atoms with van der Waals surface area (Å²) in [5.74, 6) is 1.03. The van der Waals surface area contributed by atoms with Crippen molar-refractivity contribution in [3.8, 4) is 0 Å². The number of nitrogens with one attached hydrogen (secondary N) is 1. The zero-order chi connectivity index (χ0) is 10.9. The molecule has 84 valence electrons. The minimum atomic E-state index is 0.993. The van der Waals surface area contributed by atoms with Crippen LogP contribution in [0.3, 0.4) is 0 Å². The molecule has 0 radical (unpaired) electrons. The number of hydrogen-bond donors (Lipinski definition) is 1. The molecule has 0 bridgehead atoms. The van der Waals surface area contributed by atoms with Crippen LogP contribution in [0.1, 0.15) is 0 Å². The Labute approximate surface area is 95.5 Å². The van der Waals surface area contributed by atoms with E-state index in [9.17, 15) is 0 Å². The van der Waals surface area contributed by atoms with Gasteiger partial charge < -0.3 is 10.2 Å². The molecule has 0 amide bonds. The summed E-state index contributed by atoms with van der Waals surface area (Å²) < 4.78 is 0. The Morgan fingerprint density at radius 3 is 2.87 bits per heavy atom. The third-order valence-electron chi connectivity index (χ3n) is 1.80.